The first kappa shape index (κ1) is 12.9. The molecule has 0 radical (unpaired) electrons. The second-order valence-electron chi connectivity index (χ2n) is 5.20. The predicted molar refractivity (Wildman–Crippen MR) is 59.4 cm³/mol. The minimum absolute atomic E-state index is 0.0162. The van der Waals surface area contributed by atoms with Crippen molar-refractivity contribution in [3.05, 3.63) is 0 Å². The monoisotopic (exact) mass is 216 g/mol. The van der Waals surface area contributed by atoms with Crippen LogP contribution >= 0.6 is 0 Å². The van der Waals surface area contributed by atoms with Gasteiger partial charge in [-0.3, -0.25) is 0 Å². The second-order valence-corrected chi connectivity index (χ2v) is 5.20. The Balaban J connectivity index is 3.01. The van der Waals surface area contributed by atoms with Gasteiger partial charge in [-0.15, -0.1) is 0 Å². The molecule has 1 rings (SSSR count). The van der Waals surface area contributed by atoms with Crippen LogP contribution in [0.5, 0.6) is 0 Å². The molecular formula is C12H24O3. The van der Waals surface area contributed by atoms with Crippen LogP contribution in [-0.2, 0) is 0 Å². The van der Waals surface area contributed by atoms with Gasteiger partial charge < -0.3 is 15.3 Å². The third kappa shape index (κ3) is 1.81. The van der Waals surface area contributed by atoms with Gasteiger partial charge in [0.1, 0.15) is 6.10 Å². The fraction of sp³-hybridized carbons (Fsp3) is 1.00. The first-order chi connectivity index (χ1) is 6.90. The molecule has 90 valence electrons. The Kier molecular flexibility index (Phi) is 3.80. The van der Waals surface area contributed by atoms with Gasteiger partial charge in [-0.05, 0) is 18.3 Å². The first-order valence-electron chi connectivity index (χ1n) is 5.94. The van der Waals surface area contributed by atoms with Crippen LogP contribution in [0, 0.1) is 17.3 Å². The smallest absolute Gasteiger partial charge is 0.107 e. The molecule has 1 aliphatic carbocycles. The van der Waals surface area contributed by atoms with Gasteiger partial charge >= 0.3 is 0 Å². The van der Waals surface area contributed by atoms with E-state index >= 15 is 0 Å². The Morgan fingerprint density at radius 3 is 2.07 bits per heavy atom. The average molecular weight is 216 g/mol. The molecule has 3 N–H and O–H groups in total. The average Bonchev–Trinajstić information content (AvgIpc) is 2.41. The van der Waals surface area contributed by atoms with Crippen molar-refractivity contribution in [2.24, 2.45) is 17.3 Å². The summed E-state index contributed by atoms with van der Waals surface area (Å²) in [6.45, 7) is 8.12. The second kappa shape index (κ2) is 4.40. The number of aliphatic hydroxyl groups excluding tert-OH is 3. The quantitative estimate of drug-likeness (QED) is 0.663. The van der Waals surface area contributed by atoms with Crippen LogP contribution in [0.2, 0.25) is 0 Å². The van der Waals surface area contributed by atoms with Crippen molar-refractivity contribution in [3.8, 4) is 0 Å². The van der Waals surface area contributed by atoms with Crippen molar-refractivity contribution in [2.75, 3.05) is 0 Å². The van der Waals surface area contributed by atoms with Crippen LogP contribution in [-0.4, -0.2) is 33.6 Å². The molecule has 3 nitrogen and oxygen atoms in total. The molecule has 1 saturated carbocycles. The van der Waals surface area contributed by atoms with Gasteiger partial charge in [0.15, 0.2) is 0 Å². The van der Waals surface area contributed by atoms with Crippen LogP contribution < -0.4 is 0 Å². The number of hydrogen-bond donors (Lipinski definition) is 3. The van der Waals surface area contributed by atoms with Crippen LogP contribution in [0.3, 0.4) is 0 Å². The van der Waals surface area contributed by atoms with E-state index in [1.165, 1.54) is 0 Å². The van der Waals surface area contributed by atoms with Gasteiger partial charge in [0, 0.05) is 5.41 Å². The summed E-state index contributed by atoms with van der Waals surface area (Å²) in [5.74, 6) is 0.300. The van der Waals surface area contributed by atoms with Crippen molar-refractivity contribution in [3.63, 3.8) is 0 Å². The predicted octanol–water partition coefficient (Wildman–Crippen LogP) is 1.16. The molecule has 0 heterocycles. The minimum Gasteiger partial charge on any atom is -0.390 e. The lowest BCUT2D eigenvalue weighted by molar-refractivity contribution is -0.0413. The SMILES string of the molecule is CCC(C)C1C(O)C(O)C(O)C1(C)CC. The molecule has 0 aromatic rings. The van der Waals surface area contributed by atoms with E-state index in [1.54, 1.807) is 0 Å². The molecule has 0 aliphatic heterocycles. The summed E-state index contributed by atoms with van der Waals surface area (Å²) in [7, 11) is 0. The molecule has 1 aliphatic rings. The lowest BCUT2D eigenvalue weighted by atomic mass is 9.69. The molecule has 3 heteroatoms. The van der Waals surface area contributed by atoms with E-state index in [-0.39, 0.29) is 11.3 Å². The third-order valence-corrected chi connectivity index (χ3v) is 4.50. The Morgan fingerprint density at radius 2 is 1.67 bits per heavy atom. The van der Waals surface area contributed by atoms with E-state index in [1.807, 2.05) is 13.8 Å². The van der Waals surface area contributed by atoms with Crippen LogP contribution in [0.25, 0.3) is 0 Å². The summed E-state index contributed by atoms with van der Waals surface area (Å²) in [5.41, 5.74) is -0.367. The number of aliphatic hydroxyl groups is 3. The summed E-state index contributed by atoms with van der Waals surface area (Å²) >= 11 is 0. The maximum Gasteiger partial charge on any atom is 0.107 e. The maximum absolute atomic E-state index is 9.99. The first-order valence-corrected chi connectivity index (χ1v) is 5.94. The molecule has 6 atom stereocenters. The number of rotatable bonds is 3. The van der Waals surface area contributed by atoms with E-state index in [4.69, 9.17) is 0 Å². The molecule has 0 spiro atoms. The fourth-order valence-electron chi connectivity index (χ4n) is 3.06. The van der Waals surface area contributed by atoms with Crippen LogP contribution in [0.4, 0.5) is 0 Å². The van der Waals surface area contributed by atoms with Crippen molar-refractivity contribution < 1.29 is 15.3 Å². The molecule has 1 fully saturated rings. The molecule has 6 unspecified atom stereocenters. The summed E-state index contributed by atoms with van der Waals surface area (Å²) in [6, 6.07) is 0. The van der Waals surface area contributed by atoms with E-state index in [0.717, 1.165) is 12.8 Å². The molecule has 0 aromatic carbocycles. The van der Waals surface area contributed by atoms with Crippen molar-refractivity contribution >= 4 is 0 Å². The van der Waals surface area contributed by atoms with Gasteiger partial charge in [0.25, 0.3) is 0 Å². The highest BCUT2D eigenvalue weighted by atomic mass is 16.4. The largest absolute Gasteiger partial charge is 0.390 e. The van der Waals surface area contributed by atoms with E-state index in [0.29, 0.717) is 5.92 Å². The third-order valence-electron chi connectivity index (χ3n) is 4.50. The highest BCUT2D eigenvalue weighted by Crippen LogP contribution is 2.50. The molecule has 0 aromatic heterocycles. The highest BCUT2D eigenvalue weighted by Gasteiger charge is 2.56. The fourth-order valence-corrected chi connectivity index (χ4v) is 3.06. The minimum atomic E-state index is -0.992. The van der Waals surface area contributed by atoms with Crippen molar-refractivity contribution in [1.82, 2.24) is 0 Å². The van der Waals surface area contributed by atoms with E-state index in [9.17, 15) is 15.3 Å². The van der Waals surface area contributed by atoms with Crippen LogP contribution in [0.15, 0.2) is 0 Å². The topological polar surface area (TPSA) is 60.7 Å². The van der Waals surface area contributed by atoms with Crippen molar-refractivity contribution in [1.29, 1.82) is 0 Å². The van der Waals surface area contributed by atoms with E-state index in [2.05, 4.69) is 13.8 Å². The molecule has 0 bridgehead atoms. The molecular weight excluding hydrogens is 192 g/mol. The Bertz CT molecular complexity index is 219. The maximum atomic E-state index is 9.99. The Hall–Kier alpha value is -0.120. The summed E-state index contributed by atoms with van der Waals surface area (Å²) in [5, 5.41) is 29.7. The van der Waals surface area contributed by atoms with Gasteiger partial charge in [0.05, 0.1) is 12.2 Å². The standard InChI is InChI=1S/C12H24O3/c1-5-7(3)8-9(13)10(14)11(15)12(8,4)6-2/h7-11,13-15H,5-6H2,1-4H3. The Labute approximate surface area is 92.1 Å². The van der Waals surface area contributed by atoms with E-state index < -0.39 is 18.3 Å². The lowest BCUT2D eigenvalue weighted by Gasteiger charge is -2.37. The molecule has 0 saturated heterocycles. The normalized spacial score (nSPS) is 48.2. The molecule has 15 heavy (non-hydrogen) atoms. The van der Waals surface area contributed by atoms with Crippen molar-refractivity contribution in [2.45, 2.75) is 58.8 Å². The summed E-state index contributed by atoms with van der Waals surface area (Å²) in [4.78, 5) is 0. The van der Waals surface area contributed by atoms with Gasteiger partial charge in [0.2, 0.25) is 0 Å². The zero-order chi connectivity index (χ0) is 11.8. The zero-order valence-corrected chi connectivity index (χ0v) is 10.1. The zero-order valence-electron chi connectivity index (χ0n) is 10.1. The molecule has 0 amide bonds. The lowest BCUT2D eigenvalue weighted by Crippen LogP contribution is -2.37. The Morgan fingerprint density at radius 1 is 1.13 bits per heavy atom. The van der Waals surface area contributed by atoms with Crippen LogP contribution in [0.1, 0.15) is 40.5 Å². The van der Waals surface area contributed by atoms with Gasteiger partial charge in [-0.25, -0.2) is 0 Å². The summed E-state index contributed by atoms with van der Waals surface area (Å²) in [6.07, 6.45) is -0.862. The number of hydrogen-bond acceptors (Lipinski definition) is 3. The van der Waals surface area contributed by atoms with Gasteiger partial charge in [-0.1, -0.05) is 34.1 Å². The van der Waals surface area contributed by atoms with Gasteiger partial charge in [-0.2, -0.15) is 0 Å². The highest BCUT2D eigenvalue weighted by molar-refractivity contribution is 5.06. The summed E-state index contributed by atoms with van der Waals surface area (Å²) < 4.78 is 0.